The van der Waals surface area contributed by atoms with Crippen LogP contribution in [-0.4, -0.2) is 19.9 Å². The second-order valence-corrected chi connectivity index (χ2v) is 12.6. The Hall–Kier alpha value is -6.98. The van der Waals surface area contributed by atoms with Gasteiger partial charge in [0.05, 0.1) is 5.39 Å². The van der Waals surface area contributed by atoms with Crippen LogP contribution in [0.4, 0.5) is 0 Å². The quantitative estimate of drug-likeness (QED) is 0.185. The van der Waals surface area contributed by atoms with E-state index in [1.807, 2.05) is 54.7 Å². The summed E-state index contributed by atoms with van der Waals surface area (Å²) in [4.78, 5) is 19.6. The van der Waals surface area contributed by atoms with E-state index in [1.54, 1.807) is 0 Å². The first-order chi connectivity index (χ1) is 25.3. The summed E-state index contributed by atoms with van der Waals surface area (Å²) >= 11 is 0. The maximum Gasteiger partial charge on any atom is 0.164 e. The van der Waals surface area contributed by atoms with Crippen LogP contribution in [0.15, 0.2) is 174 Å². The molecule has 5 nitrogen and oxygen atoms in total. The minimum absolute atomic E-state index is 0.632. The van der Waals surface area contributed by atoms with Gasteiger partial charge in [-0.15, -0.1) is 0 Å². The molecule has 51 heavy (non-hydrogen) atoms. The first-order valence-electron chi connectivity index (χ1n) is 17.0. The van der Waals surface area contributed by atoms with Gasteiger partial charge in [0, 0.05) is 22.9 Å². The van der Waals surface area contributed by atoms with E-state index in [0.29, 0.717) is 17.5 Å². The smallest absolute Gasteiger partial charge is 0.164 e. The van der Waals surface area contributed by atoms with Crippen molar-refractivity contribution in [3.8, 4) is 56.4 Å². The summed E-state index contributed by atoms with van der Waals surface area (Å²) in [5, 5.41) is 5.70. The van der Waals surface area contributed by atoms with Gasteiger partial charge >= 0.3 is 0 Å². The first-order valence-corrected chi connectivity index (χ1v) is 17.0. The van der Waals surface area contributed by atoms with Crippen molar-refractivity contribution in [2.75, 3.05) is 0 Å². The van der Waals surface area contributed by atoms with Crippen LogP contribution in [0.5, 0.6) is 0 Å². The van der Waals surface area contributed by atoms with E-state index in [-0.39, 0.29) is 0 Å². The van der Waals surface area contributed by atoms with Crippen LogP contribution in [-0.2, 0) is 0 Å². The summed E-state index contributed by atoms with van der Waals surface area (Å²) < 4.78 is 6.17. The molecule has 0 radical (unpaired) electrons. The fourth-order valence-electron chi connectivity index (χ4n) is 7.13. The summed E-state index contributed by atoms with van der Waals surface area (Å²) in [6, 6.07) is 56.4. The Morgan fingerprint density at radius 3 is 1.78 bits per heavy atom. The highest BCUT2D eigenvalue weighted by Crippen LogP contribution is 2.41. The first kappa shape index (κ1) is 29.0. The zero-order chi connectivity index (χ0) is 33.7. The van der Waals surface area contributed by atoms with Gasteiger partial charge in [-0.2, -0.15) is 0 Å². The van der Waals surface area contributed by atoms with Crippen LogP contribution < -0.4 is 0 Å². The number of fused-ring (bicyclic) bond motifs is 5. The van der Waals surface area contributed by atoms with Gasteiger partial charge in [-0.05, 0) is 68.1 Å². The number of hydrogen-bond donors (Lipinski definition) is 0. The normalized spacial score (nSPS) is 11.5. The van der Waals surface area contributed by atoms with E-state index in [2.05, 4.69) is 120 Å². The minimum atomic E-state index is 0.632. The Labute approximate surface area is 293 Å². The molecule has 3 heterocycles. The number of aromatic nitrogens is 4. The second kappa shape index (κ2) is 11.9. The van der Waals surface area contributed by atoms with Crippen LogP contribution in [0.2, 0.25) is 0 Å². The molecule has 0 fully saturated rings. The van der Waals surface area contributed by atoms with E-state index in [0.717, 1.165) is 66.4 Å². The van der Waals surface area contributed by atoms with Gasteiger partial charge in [0.15, 0.2) is 23.1 Å². The van der Waals surface area contributed by atoms with E-state index in [1.165, 1.54) is 16.2 Å². The number of benzene rings is 7. The van der Waals surface area contributed by atoms with E-state index >= 15 is 0 Å². The van der Waals surface area contributed by atoms with Crippen molar-refractivity contribution in [3.05, 3.63) is 170 Å². The van der Waals surface area contributed by atoms with Gasteiger partial charge in [-0.1, -0.05) is 140 Å². The standard InChI is InChI=1S/C46H28N4O/c1-2-11-31(12-3-1)44-48-45(50-46(49-44)34-24-19-29-10-4-5-13-33(29)28-34)32-22-20-30(21-23-32)35-25-26-38(37-15-7-6-14-36(35)37)39-16-8-17-40-42(39)43-41(51-40)18-9-27-47-43/h1-28H. The van der Waals surface area contributed by atoms with Crippen molar-refractivity contribution in [1.29, 1.82) is 0 Å². The lowest BCUT2D eigenvalue weighted by Crippen LogP contribution is -2.00. The molecule has 0 N–H and O–H groups in total. The van der Waals surface area contributed by atoms with E-state index in [4.69, 9.17) is 19.4 Å². The maximum absolute atomic E-state index is 6.17. The van der Waals surface area contributed by atoms with Gasteiger partial charge in [-0.3, -0.25) is 4.98 Å². The summed E-state index contributed by atoms with van der Waals surface area (Å²) in [6.45, 7) is 0. The van der Waals surface area contributed by atoms with Crippen LogP contribution >= 0.6 is 0 Å². The highest BCUT2D eigenvalue weighted by atomic mass is 16.3. The Morgan fingerprint density at radius 2 is 0.980 bits per heavy atom. The second-order valence-electron chi connectivity index (χ2n) is 12.6. The lowest BCUT2D eigenvalue weighted by molar-refractivity contribution is 0.668. The molecule has 238 valence electrons. The predicted molar refractivity (Wildman–Crippen MR) is 207 cm³/mol. The Morgan fingerprint density at radius 1 is 0.373 bits per heavy atom. The summed E-state index contributed by atoms with van der Waals surface area (Å²) in [7, 11) is 0. The monoisotopic (exact) mass is 652 g/mol. The SMILES string of the molecule is c1ccc(-c2nc(-c3ccc(-c4ccc(-c5cccc6oc7cccnc7c56)c5ccccc45)cc3)nc(-c3ccc4ccccc4c3)n2)cc1. The molecule has 0 unspecified atom stereocenters. The lowest BCUT2D eigenvalue weighted by Gasteiger charge is -2.13. The van der Waals surface area contributed by atoms with E-state index < -0.39 is 0 Å². The summed E-state index contributed by atoms with van der Waals surface area (Å²) in [6.07, 6.45) is 1.82. The fourth-order valence-corrected chi connectivity index (χ4v) is 7.13. The van der Waals surface area contributed by atoms with Gasteiger partial charge in [0.2, 0.25) is 0 Å². The van der Waals surface area contributed by atoms with Gasteiger partial charge < -0.3 is 4.42 Å². The third kappa shape index (κ3) is 5.03. The van der Waals surface area contributed by atoms with Gasteiger partial charge in [0.25, 0.3) is 0 Å². The van der Waals surface area contributed by atoms with Gasteiger partial charge in [-0.25, -0.2) is 15.0 Å². The molecule has 0 saturated carbocycles. The third-order valence-electron chi connectivity index (χ3n) is 9.60. The van der Waals surface area contributed by atoms with Crippen molar-refractivity contribution >= 4 is 43.6 Å². The van der Waals surface area contributed by atoms with Crippen molar-refractivity contribution < 1.29 is 4.42 Å². The fraction of sp³-hybridized carbons (Fsp3) is 0. The Kier molecular flexibility index (Phi) is 6.74. The van der Waals surface area contributed by atoms with Gasteiger partial charge in [0.1, 0.15) is 11.1 Å². The predicted octanol–water partition coefficient (Wildman–Crippen LogP) is 11.8. The zero-order valence-corrected chi connectivity index (χ0v) is 27.4. The molecule has 0 aliphatic heterocycles. The highest BCUT2D eigenvalue weighted by molar-refractivity contribution is 6.15. The molecule has 0 spiro atoms. The van der Waals surface area contributed by atoms with Crippen molar-refractivity contribution in [3.63, 3.8) is 0 Å². The molecular weight excluding hydrogens is 625 g/mol. The number of rotatable bonds is 5. The molecule has 0 bridgehead atoms. The third-order valence-corrected chi connectivity index (χ3v) is 9.60. The number of pyridine rings is 1. The molecule has 0 amide bonds. The summed E-state index contributed by atoms with van der Waals surface area (Å²) in [5.41, 5.74) is 9.84. The molecule has 0 atom stereocenters. The highest BCUT2D eigenvalue weighted by Gasteiger charge is 2.17. The number of furan rings is 1. The maximum atomic E-state index is 6.17. The molecule has 0 saturated heterocycles. The molecule has 0 aliphatic rings. The van der Waals surface area contributed by atoms with Crippen molar-refractivity contribution in [1.82, 2.24) is 19.9 Å². The Bertz CT molecular complexity index is 2910. The molecule has 5 heteroatoms. The topological polar surface area (TPSA) is 64.7 Å². The molecule has 10 rings (SSSR count). The van der Waals surface area contributed by atoms with Crippen LogP contribution in [0.25, 0.3) is 100 Å². The van der Waals surface area contributed by atoms with Crippen LogP contribution in [0.1, 0.15) is 0 Å². The minimum Gasteiger partial charge on any atom is -0.454 e. The molecule has 7 aromatic carbocycles. The van der Waals surface area contributed by atoms with Crippen molar-refractivity contribution in [2.24, 2.45) is 0 Å². The van der Waals surface area contributed by atoms with Crippen molar-refractivity contribution in [2.45, 2.75) is 0 Å². The zero-order valence-electron chi connectivity index (χ0n) is 27.4. The van der Waals surface area contributed by atoms with Crippen LogP contribution in [0.3, 0.4) is 0 Å². The van der Waals surface area contributed by atoms with Crippen LogP contribution in [0, 0.1) is 0 Å². The molecule has 0 aliphatic carbocycles. The largest absolute Gasteiger partial charge is 0.454 e. The number of hydrogen-bond acceptors (Lipinski definition) is 5. The van der Waals surface area contributed by atoms with E-state index in [9.17, 15) is 0 Å². The number of nitrogens with zero attached hydrogens (tertiary/aromatic N) is 4. The molecule has 3 aromatic heterocycles. The molecular formula is C46H28N4O. The average molecular weight is 653 g/mol. The summed E-state index contributed by atoms with van der Waals surface area (Å²) in [5.74, 6) is 1.92. The lowest BCUT2D eigenvalue weighted by atomic mass is 9.90. The average Bonchev–Trinajstić information content (AvgIpc) is 3.60. The molecule has 10 aromatic rings. The Balaban J connectivity index is 1.07.